The van der Waals surface area contributed by atoms with Gasteiger partial charge in [0.25, 0.3) is 0 Å². The van der Waals surface area contributed by atoms with Gasteiger partial charge in [0, 0.05) is 13.1 Å². The van der Waals surface area contributed by atoms with E-state index in [1.54, 1.807) is 13.8 Å². The van der Waals surface area contributed by atoms with E-state index in [0.717, 1.165) is 0 Å². The summed E-state index contributed by atoms with van der Waals surface area (Å²) in [5, 5.41) is 11.0. The number of carbonyl (C=O) groups is 6. The van der Waals surface area contributed by atoms with Crippen LogP contribution in [0.4, 0.5) is 0 Å². The Morgan fingerprint density at radius 2 is 0.976 bits per heavy atom. The van der Waals surface area contributed by atoms with Crippen molar-refractivity contribution in [2.24, 2.45) is 11.5 Å². The zero-order chi connectivity index (χ0) is 30.8. The molecular weight excluding hydrogens is 544 g/mol. The first kappa shape index (κ1) is 33.2. The molecule has 236 valence electrons. The van der Waals surface area contributed by atoms with Crippen molar-refractivity contribution in [1.29, 1.82) is 0 Å². The molecule has 6 atom stereocenters. The van der Waals surface area contributed by atoms with Gasteiger partial charge in [0.1, 0.15) is 36.3 Å². The number of amides is 6. The zero-order valence-electron chi connectivity index (χ0n) is 24.9. The number of unbranched alkanes of at least 4 members (excludes halogenated alkanes) is 2. The van der Waals surface area contributed by atoms with Crippen LogP contribution < -0.4 is 32.7 Å². The Kier molecular flexibility index (Phi) is 12.5. The number of nitrogens with zero attached hydrogens (tertiary/aromatic N) is 2. The van der Waals surface area contributed by atoms with Crippen LogP contribution in [0.2, 0.25) is 0 Å². The van der Waals surface area contributed by atoms with Crippen LogP contribution in [0, 0.1) is 0 Å². The van der Waals surface area contributed by atoms with Crippen LogP contribution in [-0.2, 0) is 28.8 Å². The van der Waals surface area contributed by atoms with Crippen molar-refractivity contribution in [2.75, 3.05) is 26.2 Å². The van der Waals surface area contributed by atoms with E-state index in [-0.39, 0.29) is 0 Å². The van der Waals surface area contributed by atoms with Crippen molar-refractivity contribution in [3.8, 4) is 0 Å². The third-order valence-electron chi connectivity index (χ3n) is 8.30. The molecule has 42 heavy (non-hydrogen) atoms. The Morgan fingerprint density at radius 3 is 1.33 bits per heavy atom. The summed E-state index contributed by atoms with van der Waals surface area (Å²) in [4.78, 5) is 83.1. The van der Waals surface area contributed by atoms with Crippen LogP contribution in [0.1, 0.15) is 78.1 Å². The molecule has 0 saturated carbocycles. The molecule has 0 aromatic carbocycles. The second-order valence-electron chi connectivity index (χ2n) is 11.5. The van der Waals surface area contributed by atoms with Crippen molar-refractivity contribution in [3.63, 3.8) is 0 Å². The summed E-state index contributed by atoms with van der Waals surface area (Å²) in [7, 11) is 0. The van der Waals surface area contributed by atoms with Crippen LogP contribution in [-0.4, -0.2) is 108 Å². The maximum atomic E-state index is 13.4. The Bertz CT molecular complexity index is 931. The Balaban J connectivity index is 1.91. The Labute approximate surface area is 247 Å². The van der Waals surface area contributed by atoms with Crippen LogP contribution in [0.3, 0.4) is 0 Å². The molecule has 3 aliphatic rings. The monoisotopic (exact) mass is 592 g/mol. The first-order valence-electron chi connectivity index (χ1n) is 15.3. The second kappa shape index (κ2) is 15.8. The summed E-state index contributed by atoms with van der Waals surface area (Å²) in [5.74, 6) is -2.78. The van der Waals surface area contributed by atoms with E-state index in [1.807, 2.05) is 0 Å². The Hall–Kier alpha value is -3.26. The van der Waals surface area contributed by atoms with Crippen molar-refractivity contribution >= 4 is 35.4 Å². The van der Waals surface area contributed by atoms with E-state index in [2.05, 4.69) is 21.3 Å². The largest absolute Gasteiger partial charge is 0.343 e. The van der Waals surface area contributed by atoms with E-state index in [9.17, 15) is 28.8 Å². The summed E-state index contributed by atoms with van der Waals surface area (Å²) in [6.45, 7) is 4.62. The molecule has 0 spiro atoms. The first-order chi connectivity index (χ1) is 20.1. The Morgan fingerprint density at radius 1 is 0.595 bits per heavy atom. The average molecular weight is 593 g/mol. The summed E-state index contributed by atoms with van der Waals surface area (Å²) in [5.41, 5.74) is 11.3. The van der Waals surface area contributed by atoms with Crippen molar-refractivity contribution in [2.45, 2.75) is 114 Å². The van der Waals surface area contributed by atoms with E-state index in [1.165, 1.54) is 9.80 Å². The molecule has 0 aromatic heterocycles. The molecule has 3 saturated heterocycles. The highest BCUT2D eigenvalue weighted by atomic mass is 16.2. The molecule has 3 heterocycles. The number of nitrogens with one attached hydrogen (secondary N) is 4. The van der Waals surface area contributed by atoms with E-state index in [0.29, 0.717) is 90.4 Å². The molecular formula is C28H48N8O6. The summed E-state index contributed by atoms with van der Waals surface area (Å²) < 4.78 is 0. The number of fused-ring (bicyclic) bond motifs is 2. The van der Waals surface area contributed by atoms with Gasteiger partial charge in [-0.25, -0.2) is 0 Å². The molecule has 0 aliphatic carbocycles. The zero-order valence-corrected chi connectivity index (χ0v) is 24.9. The third kappa shape index (κ3) is 8.40. The number of hydrogen-bond donors (Lipinski definition) is 6. The minimum absolute atomic E-state index is 0.309. The van der Waals surface area contributed by atoms with Gasteiger partial charge in [0.05, 0.1) is 0 Å². The lowest BCUT2D eigenvalue weighted by Crippen LogP contribution is -2.60. The molecule has 6 amide bonds. The SMILES string of the molecule is C[C@H]1NC(=O)[C@H](CCCCN)NC(=O)[C@@H]2CCCN2C(=O)[C@@H](C)NC(=O)[C@H](CCCCN)NC(=O)[C@@H]2CCCN2C1=O. The molecule has 8 N–H and O–H groups in total. The highest BCUT2D eigenvalue weighted by molar-refractivity contribution is 5.98. The van der Waals surface area contributed by atoms with Crippen LogP contribution in [0.15, 0.2) is 0 Å². The summed E-state index contributed by atoms with van der Waals surface area (Å²) in [6, 6.07) is -5.37. The summed E-state index contributed by atoms with van der Waals surface area (Å²) in [6.07, 6.45) is 5.09. The van der Waals surface area contributed by atoms with Crippen molar-refractivity contribution < 1.29 is 28.8 Å². The lowest BCUT2D eigenvalue weighted by molar-refractivity contribution is -0.144. The molecule has 3 aliphatic heterocycles. The molecule has 14 heteroatoms. The normalized spacial score (nSPS) is 30.1. The fourth-order valence-corrected chi connectivity index (χ4v) is 5.91. The number of nitrogens with two attached hydrogens (primary N) is 2. The van der Waals surface area contributed by atoms with Gasteiger partial charge < -0.3 is 42.5 Å². The molecule has 3 fully saturated rings. The highest BCUT2D eigenvalue weighted by Gasteiger charge is 2.41. The average Bonchev–Trinajstić information content (AvgIpc) is 3.65. The maximum Gasteiger partial charge on any atom is 0.245 e. The smallest absolute Gasteiger partial charge is 0.245 e. The van der Waals surface area contributed by atoms with Gasteiger partial charge in [-0.3, -0.25) is 28.8 Å². The van der Waals surface area contributed by atoms with Gasteiger partial charge in [-0.1, -0.05) is 0 Å². The van der Waals surface area contributed by atoms with Gasteiger partial charge in [0.2, 0.25) is 35.4 Å². The minimum Gasteiger partial charge on any atom is -0.343 e. The van der Waals surface area contributed by atoms with Gasteiger partial charge in [-0.05, 0) is 91.1 Å². The van der Waals surface area contributed by atoms with Crippen molar-refractivity contribution in [3.05, 3.63) is 0 Å². The molecule has 14 nitrogen and oxygen atoms in total. The van der Waals surface area contributed by atoms with Crippen LogP contribution in [0.25, 0.3) is 0 Å². The lowest BCUT2D eigenvalue weighted by Gasteiger charge is -2.31. The van der Waals surface area contributed by atoms with Gasteiger partial charge in [-0.15, -0.1) is 0 Å². The quantitative estimate of drug-likeness (QED) is 0.177. The third-order valence-corrected chi connectivity index (χ3v) is 8.30. The topological polar surface area (TPSA) is 209 Å². The molecule has 3 rings (SSSR count). The molecule has 0 radical (unpaired) electrons. The van der Waals surface area contributed by atoms with Gasteiger partial charge >= 0.3 is 0 Å². The number of rotatable bonds is 8. The van der Waals surface area contributed by atoms with Crippen LogP contribution in [0.5, 0.6) is 0 Å². The first-order valence-corrected chi connectivity index (χ1v) is 15.3. The van der Waals surface area contributed by atoms with Crippen LogP contribution >= 0.6 is 0 Å². The fraction of sp³-hybridized carbons (Fsp3) is 0.786. The maximum absolute atomic E-state index is 13.4. The van der Waals surface area contributed by atoms with Crippen molar-refractivity contribution in [1.82, 2.24) is 31.1 Å². The fourth-order valence-electron chi connectivity index (χ4n) is 5.91. The van der Waals surface area contributed by atoms with Gasteiger partial charge in [-0.2, -0.15) is 0 Å². The predicted octanol–water partition coefficient (Wildman–Crippen LogP) is -1.78. The number of carbonyl (C=O) groups excluding carboxylic acids is 6. The molecule has 0 bridgehead atoms. The summed E-state index contributed by atoms with van der Waals surface area (Å²) >= 11 is 0. The molecule has 0 unspecified atom stereocenters. The lowest BCUT2D eigenvalue weighted by atomic mass is 10.1. The minimum atomic E-state index is -0.951. The van der Waals surface area contributed by atoms with E-state index in [4.69, 9.17) is 11.5 Å². The standard InChI is InChI=1S/C28H48N8O6/c1-17-27(41)35-15-7-11-21(35)25(39)34-20(10-4-6-14-30)24(38)32-18(2)28(42)36-16-8-12-22(36)26(40)33-19(23(37)31-17)9-3-5-13-29/h17-22H,3-16,29-30H2,1-2H3,(H,31,37)(H,32,38)(H,33,40)(H,34,39)/t17-,18-,19+,20+,21+,22+/m1/s1. The second-order valence-corrected chi connectivity index (χ2v) is 11.5. The number of hydrogen-bond acceptors (Lipinski definition) is 8. The van der Waals surface area contributed by atoms with E-state index < -0.39 is 71.7 Å². The highest BCUT2D eigenvalue weighted by Crippen LogP contribution is 2.21. The van der Waals surface area contributed by atoms with E-state index >= 15 is 0 Å². The predicted molar refractivity (Wildman–Crippen MR) is 154 cm³/mol. The van der Waals surface area contributed by atoms with Gasteiger partial charge in [0.15, 0.2) is 0 Å². The molecule has 0 aromatic rings.